The molecule has 1 aromatic rings. The van der Waals surface area contributed by atoms with Gasteiger partial charge in [-0.15, -0.1) is 11.3 Å². The van der Waals surface area contributed by atoms with Gasteiger partial charge in [-0.05, 0) is 44.6 Å². The Labute approximate surface area is 124 Å². The monoisotopic (exact) mass is 290 g/mol. The number of thiazole rings is 1. The number of piperidine rings is 1. The van der Waals surface area contributed by atoms with Crippen LogP contribution >= 0.6 is 11.3 Å². The van der Waals surface area contributed by atoms with E-state index in [1.165, 1.54) is 32.1 Å². The van der Waals surface area contributed by atoms with Crippen LogP contribution in [-0.4, -0.2) is 28.4 Å². The molecule has 1 saturated carbocycles. The van der Waals surface area contributed by atoms with Crippen molar-refractivity contribution in [2.24, 2.45) is 5.92 Å². The lowest BCUT2D eigenvalue weighted by atomic mass is 9.78. The van der Waals surface area contributed by atoms with E-state index in [1.807, 2.05) is 18.4 Å². The highest BCUT2D eigenvalue weighted by molar-refractivity contribution is 7.09. The van der Waals surface area contributed by atoms with Crippen molar-refractivity contribution in [3.05, 3.63) is 22.2 Å². The first-order valence-corrected chi connectivity index (χ1v) is 8.53. The summed E-state index contributed by atoms with van der Waals surface area (Å²) in [4.78, 5) is 18.9. The summed E-state index contributed by atoms with van der Waals surface area (Å²) in [5.41, 5.74) is 0.901. The van der Waals surface area contributed by atoms with Crippen LogP contribution in [0.1, 0.15) is 49.2 Å². The topological polar surface area (TPSA) is 33.2 Å². The van der Waals surface area contributed by atoms with E-state index in [-0.39, 0.29) is 5.91 Å². The summed E-state index contributed by atoms with van der Waals surface area (Å²) >= 11 is 1.62. The van der Waals surface area contributed by atoms with E-state index in [4.69, 9.17) is 0 Å². The third-order valence-corrected chi connectivity index (χ3v) is 5.35. The molecule has 0 N–H and O–H groups in total. The predicted molar refractivity (Wildman–Crippen MR) is 82.6 cm³/mol. The van der Waals surface area contributed by atoms with Gasteiger partial charge in [0.25, 0.3) is 0 Å². The van der Waals surface area contributed by atoms with Crippen molar-refractivity contribution in [2.45, 2.75) is 51.5 Å². The van der Waals surface area contributed by atoms with Crippen LogP contribution in [0, 0.1) is 12.8 Å². The summed E-state index contributed by atoms with van der Waals surface area (Å²) in [5, 5.41) is 3.04. The van der Waals surface area contributed by atoms with Gasteiger partial charge in [-0.1, -0.05) is 12.8 Å². The molecule has 1 aliphatic carbocycles. The minimum Gasteiger partial charge on any atom is -0.336 e. The van der Waals surface area contributed by atoms with Crippen LogP contribution < -0.4 is 0 Å². The maximum Gasteiger partial charge on any atom is 0.246 e. The lowest BCUT2D eigenvalue weighted by Gasteiger charge is -2.43. The van der Waals surface area contributed by atoms with Crippen molar-refractivity contribution in [3.8, 4) is 0 Å². The van der Waals surface area contributed by atoms with E-state index < -0.39 is 0 Å². The molecule has 1 saturated heterocycles. The zero-order chi connectivity index (χ0) is 13.9. The Hall–Kier alpha value is -1.16. The van der Waals surface area contributed by atoms with Gasteiger partial charge in [0.2, 0.25) is 5.91 Å². The number of aromatic nitrogens is 1. The highest BCUT2D eigenvalue weighted by Crippen LogP contribution is 2.35. The fourth-order valence-corrected chi connectivity index (χ4v) is 4.19. The number of rotatable bonds is 2. The highest BCUT2D eigenvalue weighted by Gasteiger charge is 2.34. The fourth-order valence-electron chi connectivity index (χ4n) is 3.61. The first-order valence-electron chi connectivity index (χ1n) is 7.65. The maximum absolute atomic E-state index is 12.4. The molecule has 0 spiro atoms. The molecule has 0 bridgehead atoms. The predicted octanol–water partition coefficient (Wildman–Crippen LogP) is 3.65. The molecule has 2 aliphatic rings. The van der Waals surface area contributed by atoms with Gasteiger partial charge in [0.1, 0.15) is 0 Å². The molecule has 0 radical (unpaired) electrons. The van der Waals surface area contributed by atoms with Crippen LogP contribution in [0.5, 0.6) is 0 Å². The Bertz CT molecular complexity index is 506. The molecule has 2 unspecified atom stereocenters. The van der Waals surface area contributed by atoms with Gasteiger partial charge in [0, 0.05) is 24.0 Å². The number of hydrogen-bond acceptors (Lipinski definition) is 3. The first-order chi connectivity index (χ1) is 9.74. The second-order valence-electron chi connectivity index (χ2n) is 5.91. The molecule has 1 aliphatic heterocycles. The SMILES string of the molecule is Cc1nc(C=CC(=O)N2CCCC3CCCCC32)cs1. The first kappa shape index (κ1) is 13.8. The van der Waals surface area contributed by atoms with E-state index in [0.717, 1.165) is 29.6 Å². The molecule has 1 amide bonds. The van der Waals surface area contributed by atoms with Crippen molar-refractivity contribution >= 4 is 23.3 Å². The van der Waals surface area contributed by atoms with Crippen LogP contribution in [0.2, 0.25) is 0 Å². The molecule has 2 atom stereocenters. The number of carbonyl (C=O) groups excluding carboxylic acids is 1. The number of carbonyl (C=O) groups is 1. The van der Waals surface area contributed by atoms with Gasteiger partial charge in [0.05, 0.1) is 10.7 Å². The third-order valence-electron chi connectivity index (χ3n) is 4.56. The normalized spacial score (nSPS) is 26.8. The van der Waals surface area contributed by atoms with Gasteiger partial charge in [-0.25, -0.2) is 4.98 Å². The zero-order valence-electron chi connectivity index (χ0n) is 12.0. The molecule has 20 heavy (non-hydrogen) atoms. The van der Waals surface area contributed by atoms with Crippen molar-refractivity contribution in [3.63, 3.8) is 0 Å². The number of hydrogen-bond donors (Lipinski definition) is 0. The zero-order valence-corrected chi connectivity index (χ0v) is 12.9. The Morgan fingerprint density at radius 2 is 2.15 bits per heavy atom. The van der Waals surface area contributed by atoms with E-state index >= 15 is 0 Å². The molecular weight excluding hydrogens is 268 g/mol. The summed E-state index contributed by atoms with van der Waals surface area (Å²) in [6.07, 6.45) is 11.2. The van der Waals surface area contributed by atoms with Crippen molar-refractivity contribution in [2.75, 3.05) is 6.54 Å². The molecule has 3 rings (SSSR count). The molecule has 0 aromatic carbocycles. The molecular formula is C16H22N2OS. The molecule has 1 aromatic heterocycles. The fraction of sp³-hybridized carbons (Fsp3) is 0.625. The van der Waals surface area contributed by atoms with Gasteiger partial charge >= 0.3 is 0 Å². The lowest BCUT2D eigenvalue weighted by molar-refractivity contribution is -0.132. The number of amides is 1. The van der Waals surface area contributed by atoms with Crippen LogP contribution in [0.25, 0.3) is 6.08 Å². The quantitative estimate of drug-likeness (QED) is 0.779. The van der Waals surface area contributed by atoms with Crippen molar-refractivity contribution < 1.29 is 4.79 Å². The molecule has 3 nitrogen and oxygen atoms in total. The van der Waals surface area contributed by atoms with Gasteiger partial charge in [-0.3, -0.25) is 4.79 Å². The minimum absolute atomic E-state index is 0.173. The highest BCUT2D eigenvalue weighted by atomic mass is 32.1. The second kappa shape index (κ2) is 6.08. The maximum atomic E-state index is 12.4. The number of likely N-dealkylation sites (tertiary alicyclic amines) is 1. The smallest absolute Gasteiger partial charge is 0.246 e. The van der Waals surface area contributed by atoms with Gasteiger partial charge in [-0.2, -0.15) is 0 Å². The summed E-state index contributed by atoms with van der Waals surface area (Å²) in [5.74, 6) is 0.920. The number of aryl methyl sites for hydroxylation is 1. The van der Waals surface area contributed by atoms with Crippen LogP contribution in [0.4, 0.5) is 0 Å². The number of fused-ring (bicyclic) bond motifs is 1. The summed E-state index contributed by atoms with van der Waals surface area (Å²) in [6, 6.07) is 0.492. The summed E-state index contributed by atoms with van der Waals surface area (Å²) in [7, 11) is 0. The minimum atomic E-state index is 0.173. The standard InChI is InChI=1S/C16H22N2OS/c1-12-17-14(11-20-12)8-9-16(19)18-10-4-6-13-5-2-3-7-15(13)18/h8-9,11,13,15H,2-7,10H2,1H3. The van der Waals surface area contributed by atoms with Crippen LogP contribution in [-0.2, 0) is 4.79 Å². The van der Waals surface area contributed by atoms with Gasteiger partial charge < -0.3 is 4.90 Å². The average Bonchev–Trinajstić information content (AvgIpc) is 2.90. The third kappa shape index (κ3) is 2.95. The Kier molecular flexibility index (Phi) is 4.20. The molecule has 4 heteroatoms. The lowest BCUT2D eigenvalue weighted by Crippen LogP contribution is -2.49. The van der Waals surface area contributed by atoms with Crippen LogP contribution in [0.3, 0.4) is 0 Å². The van der Waals surface area contributed by atoms with E-state index in [9.17, 15) is 4.79 Å². The summed E-state index contributed by atoms with van der Waals surface area (Å²) < 4.78 is 0. The van der Waals surface area contributed by atoms with Crippen molar-refractivity contribution in [1.82, 2.24) is 9.88 Å². The van der Waals surface area contributed by atoms with E-state index in [1.54, 1.807) is 17.4 Å². The number of nitrogens with zero attached hydrogens (tertiary/aromatic N) is 2. The van der Waals surface area contributed by atoms with Crippen LogP contribution in [0.15, 0.2) is 11.5 Å². The Morgan fingerprint density at radius 3 is 2.95 bits per heavy atom. The Balaban J connectivity index is 1.67. The van der Waals surface area contributed by atoms with Gasteiger partial charge in [0.15, 0.2) is 0 Å². The molecule has 108 valence electrons. The Morgan fingerprint density at radius 1 is 1.35 bits per heavy atom. The molecule has 2 fully saturated rings. The average molecular weight is 290 g/mol. The largest absolute Gasteiger partial charge is 0.336 e. The van der Waals surface area contributed by atoms with E-state index in [2.05, 4.69) is 9.88 Å². The summed E-state index contributed by atoms with van der Waals surface area (Å²) in [6.45, 7) is 2.92. The molecule has 2 heterocycles. The second-order valence-corrected chi connectivity index (χ2v) is 6.97. The van der Waals surface area contributed by atoms with Crippen molar-refractivity contribution in [1.29, 1.82) is 0 Å². The van der Waals surface area contributed by atoms with E-state index in [0.29, 0.717) is 6.04 Å².